The van der Waals surface area contributed by atoms with Gasteiger partial charge in [-0.25, -0.2) is 0 Å². The van der Waals surface area contributed by atoms with E-state index in [0.29, 0.717) is 6.04 Å². The summed E-state index contributed by atoms with van der Waals surface area (Å²) in [5.41, 5.74) is 1.38. The third-order valence-corrected chi connectivity index (χ3v) is 4.58. The maximum Gasteiger partial charge on any atom is 0.119 e. The molecule has 1 heterocycles. The highest BCUT2D eigenvalue weighted by molar-refractivity contribution is 5.31. The van der Waals surface area contributed by atoms with Crippen molar-refractivity contribution in [3.05, 3.63) is 29.8 Å². The fraction of sp³-hybridized carbons (Fsp3) is 0.684. The van der Waals surface area contributed by atoms with E-state index in [9.17, 15) is 0 Å². The Kier molecular flexibility index (Phi) is 7.86. The van der Waals surface area contributed by atoms with Gasteiger partial charge in [-0.3, -0.25) is 9.80 Å². The first-order valence-corrected chi connectivity index (χ1v) is 9.09. The molecule has 0 amide bonds. The molecule has 0 bridgehead atoms. The number of hydrogen-bond donors (Lipinski definition) is 1. The summed E-state index contributed by atoms with van der Waals surface area (Å²) in [6.45, 7) is 12.5. The van der Waals surface area contributed by atoms with Gasteiger partial charge in [0.1, 0.15) is 5.75 Å². The predicted molar refractivity (Wildman–Crippen MR) is 97.2 cm³/mol. The van der Waals surface area contributed by atoms with Crippen molar-refractivity contribution in [3.8, 4) is 5.75 Å². The summed E-state index contributed by atoms with van der Waals surface area (Å²) in [6.07, 6.45) is 2.39. The van der Waals surface area contributed by atoms with Crippen LogP contribution in [0, 0.1) is 0 Å². The number of ether oxygens (including phenoxy) is 1. The fourth-order valence-corrected chi connectivity index (χ4v) is 3.42. The van der Waals surface area contributed by atoms with Crippen LogP contribution in [0.2, 0.25) is 0 Å². The summed E-state index contributed by atoms with van der Waals surface area (Å²) in [5, 5.41) is 3.45. The third-order valence-electron chi connectivity index (χ3n) is 4.58. The van der Waals surface area contributed by atoms with Crippen molar-refractivity contribution in [2.24, 2.45) is 0 Å². The van der Waals surface area contributed by atoms with Gasteiger partial charge >= 0.3 is 0 Å². The topological polar surface area (TPSA) is 27.7 Å². The smallest absolute Gasteiger partial charge is 0.119 e. The van der Waals surface area contributed by atoms with Gasteiger partial charge in [0.25, 0.3) is 0 Å². The first kappa shape index (κ1) is 18.2. The zero-order valence-corrected chi connectivity index (χ0v) is 15.1. The van der Waals surface area contributed by atoms with Gasteiger partial charge in [0, 0.05) is 38.8 Å². The number of nitrogens with zero attached hydrogens (tertiary/aromatic N) is 2. The summed E-state index contributed by atoms with van der Waals surface area (Å²) in [4.78, 5) is 5.25. The molecule has 0 aliphatic carbocycles. The van der Waals surface area contributed by atoms with E-state index in [1.807, 2.05) is 6.07 Å². The van der Waals surface area contributed by atoms with E-state index in [1.165, 1.54) is 18.4 Å². The molecule has 1 aliphatic heterocycles. The van der Waals surface area contributed by atoms with Gasteiger partial charge < -0.3 is 10.1 Å². The summed E-state index contributed by atoms with van der Waals surface area (Å²) >= 11 is 0. The fourth-order valence-electron chi connectivity index (χ4n) is 3.42. The van der Waals surface area contributed by atoms with E-state index in [-0.39, 0.29) is 0 Å². The monoisotopic (exact) mass is 319 g/mol. The lowest BCUT2D eigenvalue weighted by molar-refractivity contribution is 0.128. The molecule has 2 rings (SSSR count). The van der Waals surface area contributed by atoms with E-state index in [2.05, 4.69) is 47.2 Å². The van der Waals surface area contributed by atoms with Gasteiger partial charge in [-0.1, -0.05) is 26.0 Å². The molecule has 0 radical (unpaired) electrons. The molecular formula is C19H33N3O. The molecular weight excluding hydrogens is 286 g/mol. The van der Waals surface area contributed by atoms with Crippen molar-refractivity contribution in [3.63, 3.8) is 0 Å². The van der Waals surface area contributed by atoms with Crippen molar-refractivity contribution in [1.29, 1.82) is 0 Å². The van der Waals surface area contributed by atoms with E-state index in [1.54, 1.807) is 7.11 Å². The van der Waals surface area contributed by atoms with Crippen molar-refractivity contribution < 1.29 is 4.74 Å². The molecule has 0 saturated carbocycles. The molecule has 130 valence electrons. The third kappa shape index (κ3) is 5.48. The molecule has 1 saturated heterocycles. The van der Waals surface area contributed by atoms with Crippen LogP contribution in [0.1, 0.15) is 38.3 Å². The second-order valence-electron chi connectivity index (χ2n) is 6.38. The lowest BCUT2D eigenvalue weighted by Gasteiger charge is -2.37. The van der Waals surface area contributed by atoms with Crippen LogP contribution in [0.15, 0.2) is 24.3 Å². The lowest BCUT2D eigenvalue weighted by atomic mass is 10.0. The van der Waals surface area contributed by atoms with Gasteiger partial charge in [-0.2, -0.15) is 0 Å². The molecule has 1 aromatic carbocycles. The molecule has 1 atom stereocenters. The minimum Gasteiger partial charge on any atom is -0.497 e. The number of rotatable bonds is 9. The van der Waals surface area contributed by atoms with E-state index in [4.69, 9.17) is 4.74 Å². The zero-order chi connectivity index (χ0) is 16.5. The zero-order valence-electron chi connectivity index (χ0n) is 15.1. The largest absolute Gasteiger partial charge is 0.497 e. The molecule has 1 N–H and O–H groups in total. The molecule has 1 unspecified atom stereocenters. The Balaban J connectivity index is 2.20. The number of nitrogens with one attached hydrogen (secondary N) is 1. The van der Waals surface area contributed by atoms with Crippen LogP contribution in [0.25, 0.3) is 0 Å². The second kappa shape index (κ2) is 9.91. The Bertz CT molecular complexity index is 440. The van der Waals surface area contributed by atoms with Crippen LogP contribution < -0.4 is 10.1 Å². The minimum absolute atomic E-state index is 0.447. The maximum atomic E-state index is 5.45. The summed E-state index contributed by atoms with van der Waals surface area (Å²) in [5.74, 6) is 0.959. The van der Waals surface area contributed by atoms with Crippen LogP contribution in [-0.4, -0.2) is 62.7 Å². The highest BCUT2D eigenvalue weighted by Crippen LogP contribution is 2.26. The van der Waals surface area contributed by atoms with Gasteiger partial charge in [-0.15, -0.1) is 0 Å². The van der Waals surface area contributed by atoms with Crippen LogP contribution >= 0.6 is 0 Å². The average Bonchev–Trinajstić information content (AvgIpc) is 2.60. The summed E-state index contributed by atoms with van der Waals surface area (Å²) < 4.78 is 5.45. The highest BCUT2D eigenvalue weighted by Gasteiger charge is 2.23. The van der Waals surface area contributed by atoms with Crippen LogP contribution in [0.3, 0.4) is 0 Å². The molecule has 4 heteroatoms. The molecule has 0 aromatic heterocycles. The second-order valence-corrected chi connectivity index (χ2v) is 6.38. The molecule has 4 nitrogen and oxygen atoms in total. The van der Waals surface area contributed by atoms with Crippen LogP contribution in [0.4, 0.5) is 0 Å². The number of benzene rings is 1. The number of piperazine rings is 1. The SMILES string of the molecule is CCCN(CCC)C(CN1CCNCC1)c1cccc(OC)c1. The van der Waals surface area contributed by atoms with Gasteiger partial charge in [0.2, 0.25) is 0 Å². The lowest BCUT2D eigenvalue weighted by Crippen LogP contribution is -2.47. The Hall–Kier alpha value is -1.10. The molecule has 1 aromatic rings. The van der Waals surface area contributed by atoms with E-state index in [0.717, 1.165) is 51.6 Å². The van der Waals surface area contributed by atoms with E-state index < -0.39 is 0 Å². The normalized spacial score (nSPS) is 17.4. The van der Waals surface area contributed by atoms with Gasteiger partial charge in [-0.05, 0) is 43.6 Å². The van der Waals surface area contributed by atoms with Crippen molar-refractivity contribution in [2.75, 3.05) is 52.9 Å². The Morgan fingerprint density at radius 2 is 1.87 bits per heavy atom. The maximum absolute atomic E-state index is 5.45. The Morgan fingerprint density at radius 3 is 2.48 bits per heavy atom. The van der Waals surface area contributed by atoms with Crippen LogP contribution in [0.5, 0.6) is 5.75 Å². The number of methoxy groups -OCH3 is 1. The molecule has 1 aliphatic rings. The van der Waals surface area contributed by atoms with Crippen molar-refractivity contribution in [2.45, 2.75) is 32.7 Å². The Morgan fingerprint density at radius 1 is 1.17 bits per heavy atom. The summed E-state index contributed by atoms with van der Waals surface area (Å²) in [7, 11) is 1.75. The quantitative estimate of drug-likeness (QED) is 0.757. The first-order valence-electron chi connectivity index (χ1n) is 9.09. The van der Waals surface area contributed by atoms with Crippen LogP contribution in [-0.2, 0) is 0 Å². The average molecular weight is 319 g/mol. The van der Waals surface area contributed by atoms with Crippen molar-refractivity contribution in [1.82, 2.24) is 15.1 Å². The van der Waals surface area contributed by atoms with Gasteiger partial charge in [0.15, 0.2) is 0 Å². The summed E-state index contributed by atoms with van der Waals surface area (Å²) in [6, 6.07) is 9.08. The number of hydrogen-bond acceptors (Lipinski definition) is 4. The predicted octanol–water partition coefficient (Wildman–Crippen LogP) is 2.76. The van der Waals surface area contributed by atoms with Gasteiger partial charge in [0.05, 0.1) is 7.11 Å². The minimum atomic E-state index is 0.447. The molecule has 0 spiro atoms. The molecule has 1 fully saturated rings. The van der Waals surface area contributed by atoms with E-state index >= 15 is 0 Å². The molecule has 23 heavy (non-hydrogen) atoms. The Labute approximate surface area is 141 Å². The highest BCUT2D eigenvalue weighted by atomic mass is 16.5. The standard InChI is InChI=1S/C19H33N3O/c1-4-11-22(12-5-2)19(16-21-13-9-20-10-14-21)17-7-6-8-18(15-17)23-3/h6-8,15,19-20H,4-5,9-14,16H2,1-3H3. The first-order chi connectivity index (χ1) is 11.3. The van der Waals surface area contributed by atoms with Crippen molar-refractivity contribution >= 4 is 0 Å².